The van der Waals surface area contributed by atoms with Gasteiger partial charge in [-0.05, 0) is 20.8 Å². The van der Waals surface area contributed by atoms with E-state index in [2.05, 4.69) is 15.4 Å². The summed E-state index contributed by atoms with van der Waals surface area (Å²) in [6.45, 7) is 7.54. The van der Waals surface area contributed by atoms with Gasteiger partial charge in [0, 0.05) is 31.3 Å². The van der Waals surface area contributed by atoms with Gasteiger partial charge < -0.3 is 14.8 Å². The molecule has 0 bridgehead atoms. The molecule has 0 saturated carbocycles. The molecule has 1 aliphatic heterocycles. The fraction of sp³-hybridized carbons (Fsp3) is 0.562. The third kappa shape index (κ3) is 3.85. The number of carbonyl (C=O) groups excluding carboxylic acids is 1. The molecule has 0 radical (unpaired) electrons. The molecule has 8 heteroatoms. The number of morpholine rings is 1. The summed E-state index contributed by atoms with van der Waals surface area (Å²) in [7, 11) is 0. The van der Waals surface area contributed by atoms with Crippen LogP contribution in [0.25, 0.3) is 5.65 Å². The Bertz CT molecular complexity index is 748. The molecule has 3 rings (SSSR count). The largest absolute Gasteiger partial charge is 0.456 e. The van der Waals surface area contributed by atoms with Gasteiger partial charge >= 0.3 is 5.97 Å². The second kappa shape index (κ2) is 6.66. The van der Waals surface area contributed by atoms with Gasteiger partial charge in [0.25, 0.3) is 0 Å². The summed E-state index contributed by atoms with van der Waals surface area (Å²) in [4.78, 5) is 16.9. The average molecular weight is 353 g/mol. The van der Waals surface area contributed by atoms with Gasteiger partial charge in [0.2, 0.25) is 0 Å². The molecular formula is C16H21ClN4O3. The first-order chi connectivity index (χ1) is 11.3. The fourth-order valence-corrected chi connectivity index (χ4v) is 2.81. The van der Waals surface area contributed by atoms with E-state index in [0.29, 0.717) is 41.7 Å². The molecule has 1 unspecified atom stereocenters. The molecule has 7 nitrogen and oxygen atoms in total. The molecule has 0 aliphatic carbocycles. The minimum atomic E-state index is -0.586. The van der Waals surface area contributed by atoms with E-state index in [-0.39, 0.29) is 6.04 Å². The van der Waals surface area contributed by atoms with Crippen molar-refractivity contribution in [1.82, 2.24) is 19.9 Å². The summed E-state index contributed by atoms with van der Waals surface area (Å²) in [6, 6.07) is 1.75. The zero-order chi connectivity index (χ0) is 17.3. The molecule has 24 heavy (non-hydrogen) atoms. The Hall–Kier alpha value is -1.70. The van der Waals surface area contributed by atoms with Crippen molar-refractivity contribution in [2.45, 2.75) is 38.8 Å². The Morgan fingerprint density at radius 3 is 3.00 bits per heavy atom. The van der Waals surface area contributed by atoms with Gasteiger partial charge in [0.1, 0.15) is 5.60 Å². The van der Waals surface area contributed by atoms with Crippen molar-refractivity contribution in [2.75, 3.05) is 19.8 Å². The molecule has 2 aromatic heterocycles. The number of ether oxygens (including phenoxy) is 2. The highest BCUT2D eigenvalue weighted by Crippen LogP contribution is 2.20. The van der Waals surface area contributed by atoms with E-state index in [9.17, 15) is 4.79 Å². The maximum Gasteiger partial charge on any atom is 0.342 e. The van der Waals surface area contributed by atoms with Crippen molar-refractivity contribution in [2.24, 2.45) is 0 Å². The van der Waals surface area contributed by atoms with Crippen LogP contribution in [0.4, 0.5) is 0 Å². The van der Waals surface area contributed by atoms with E-state index < -0.39 is 11.6 Å². The van der Waals surface area contributed by atoms with Gasteiger partial charge in [0.05, 0.1) is 24.5 Å². The molecule has 0 spiro atoms. The number of hydrogen-bond acceptors (Lipinski definition) is 6. The first-order valence-electron chi connectivity index (χ1n) is 7.91. The van der Waals surface area contributed by atoms with Crippen LogP contribution in [0.3, 0.4) is 0 Å². The Balaban J connectivity index is 2.00. The molecule has 130 valence electrons. The average Bonchev–Trinajstić information content (AvgIpc) is 2.87. The van der Waals surface area contributed by atoms with Crippen LogP contribution in [0.5, 0.6) is 0 Å². The highest BCUT2D eigenvalue weighted by molar-refractivity contribution is 6.29. The smallest absolute Gasteiger partial charge is 0.342 e. The molecular weight excluding hydrogens is 332 g/mol. The van der Waals surface area contributed by atoms with Crippen LogP contribution in [0.1, 0.15) is 36.8 Å². The van der Waals surface area contributed by atoms with Gasteiger partial charge in [-0.1, -0.05) is 11.6 Å². The van der Waals surface area contributed by atoms with Crippen LogP contribution < -0.4 is 5.32 Å². The Morgan fingerprint density at radius 1 is 1.54 bits per heavy atom. The predicted octanol–water partition coefficient (Wildman–Crippen LogP) is 1.87. The molecule has 3 heterocycles. The quantitative estimate of drug-likeness (QED) is 0.850. The summed E-state index contributed by atoms with van der Waals surface area (Å²) in [5.74, 6) is -0.421. The highest BCUT2D eigenvalue weighted by atomic mass is 35.5. The van der Waals surface area contributed by atoms with Crippen molar-refractivity contribution in [3.05, 3.63) is 28.7 Å². The van der Waals surface area contributed by atoms with E-state index in [1.54, 1.807) is 10.6 Å². The third-order valence-electron chi connectivity index (χ3n) is 3.61. The summed E-state index contributed by atoms with van der Waals surface area (Å²) in [6.07, 6.45) is 2.09. The first kappa shape index (κ1) is 17.1. The topological polar surface area (TPSA) is 77.8 Å². The maximum atomic E-state index is 12.6. The number of nitrogens with zero attached hydrogens (tertiary/aromatic N) is 3. The summed E-state index contributed by atoms with van der Waals surface area (Å²) in [5, 5.41) is 7.97. The van der Waals surface area contributed by atoms with E-state index in [1.807, 2.05) is 20.8 Å². The van der Waals surface area contributed by atoms with Gasteiger partial charge in [-0.15, -0.1) is 0 Å². The molecule has 0 aromatic carbocycles. The summed E-state index contributed by atoms with van der Waals surface area (Å²) in [5.41, 5.74) is 1.12. The van der Waals surface area contributed by atoms with Gasteiger partial charge in [-0.2, -0.15) is 5.10 Å². The van der Waals surface area contributed by atoms with Crippen LogP contribution in [-0.4, -0.2) is 52.0 Å². The van der Waals surface area contributed by atoms with Gasteiger partial charge in [-0.3, -0.25) is 0 Å². The Morgan fingerprint density at radius 2 is 2.33 bits per heavy atom. The van der Waals surface area contributed by atoms with Crippen molar-refractivity contribution >= 4 is 23.2 Å². The maximum absolute atomic E-state index is 12.6. The standard InChI is InChI=1S/C16H21ClN4O3/c1-16(2,3)24-15(22)11-8-19-14-7-13(17)20-21(14)12(11)6-10-9-23-5-4-18-10/h7-8,10,18H,4-6,9H2,1-3H3. The van der Waals surface area contributed by atoms with E-state index in [4.69, 9.17) is 21.1 Å². The van der Waals surface area contributed by atoms with Crippen molar-refractivity contribution in [3.8, 4) is 0 Å². The normalized spacial score (nSPS) is 18.8. The number of esters is 1. The van der Waals surface area contributed by atoms with Gasteiger partial charge in [-0.25, -0.2) is 14.3 Å². The molecule has 0 amide bonds. The Kier molecular flexibility index (Phi) is 4.76. The zero-order valence-corrected chi connectivity index (χ0v) is 14.8. The van der Waals surface area contributed by atoms with Crippen LogP contribution in [0.15, 0.2) is 12.3 Å². The molecule has 2 aromatic rings. The lowest BCUT2D eigenvalue weighted by molar-refractivity contribution is 0.00661. The summed E-state index contributed by atoms with van der Waals surface area (Å²) < 4.78 is 12.6. The van der Waals surface area contributed by atoms with Crippen molar-refractivity contribution in [3.63, 3.8) is 0 Å². The predicted molar refractivity (Wildman–Crippen MR) is 89.5 cm³/mol. The van der Waals surface area contributed by atoms with E-state index >= 15 is 0 Å². The molecule has 1 atom stereocenters. The molecule has 1 N–H and O–H groups in total. The minimum absolute atomic E-state index is 0.0912. The number of aromatic nitrogens is 3. The second-order valence-corrected chi connectivity index (χ2v) is 7.17. The number of nitrogens with one attached hydrogen (secondary N) is 1. The first-order valence-corrected chi connectivity index (χ1v) is 8.29. The minimum Gasteiger partial charge on any atom is -0.456 e. The lowest BCUT2D eigenvalue weighted by Crippen LogP contribution is -2.43. The van der Waals surface area contributed by atoms with Gasteiger partial charge in [0.15, 0.2) is 10.8 Å². The molecule has 1 saturated heterocycles. The monoisotopic (exact) mass is 352 g/mol. The third-order valence-corrected chi connectivity index (χ3v) is 3.79. The second-order valence-electron chi connectivity index (χ2n) is 6.79. The van der Waals surface area contributed by atoms with Crippen LogP contribution in [0, 0.1) is 0 Å². The Labute approximate surface area is 145 Å². The fourth-order valence-electron chi connectivity index (χ4n) is 2.64. The number of carbonyl (C=O) groups is 1. The van der Waals surface area contributed by atoms with Crippen LogP contribution in [0.2, 0.25) is 5.15 Å². The van der Waals surface area contributed by atoms with E-state index in [1.165, 1.54) is 6.20 Å². The highest BCUT2D eigenvalue weighted by Gasteiger charge is 2.25. The lowest BCUT2D eigenvalue weighted by Gasteiger charge is -2.25. The van der Waals surface area contributed by atoms with Crippen LogP contribution >= 0.6 is 11.6 Å². The van der Waals surface area contributed by atoms with Crippen molar-refractivity contribution < 1.29 is 14.3 Å². The zero-order valence-electron chi connectivity index (χ0n) is 14.0. The summed E-state index contributed by atoms with van der Waals surface area (Å²) >= 11 is 6.01. The van der Waals surface area contributed by atoms with Crippen molar-refractivity contribution in [1.29, 1.82) is 0 Å². The number of halogens is 1. The van der Waals surface area contributed by atoms with E-state index in [0.717, 1.165) is 6.54 Å². The lowest BCUT2D eigenvalue weighted by atomic mass is 10.1. The van der Waals surface area contributed by atoms with Crippen LogP contribution in [-0.2, 0) is 15.9 Å². The number of fused-ring (bicyclic) bond motifs is 1. The SMILES string of the molecule is CC(C)(C)OC(=O)c1cnc2cc(Cl)nn2c1CC1COCCN1. The number of rotatable bonds is 3. The molecule has 1 fully saturated rings. The molecule has 1 aliphatic rings. The number of hydrogen-bond donors (Lipinski definition) is 1.